The Bertz CT molecular complexity index is 904. The number of ether oxygens (including phenoxy) is 1. The van der Waals surface area contributed by atoms with Crippen LogP contribution in [0.15, 0.2) is 34.8 Å². The van der Waals surface area contributed by atoms with E-state index in [0.29, 0.717) is 32.5 Å². The summed E-state index contributed by atoms with van der Waals surface area (Å²) in [7, 11) is 0. The van der Waals surface area contributed by atoms with E-state index in [4.69, 9.17) is 4.74 Å². The Balaban J connectivity index is 1.69. The molecule has 1 aromatic heterocycles. The van der Waals surface area contributed by atoms with Crippen LogP contribution < -0.4 is 5.32 Å². The third-order valence-electron chi connectivity index (χ3n) is 4.70. The molecule has 7 nitrogen and oxygen atoms in total. The number of carboxylic acid groups (broad SMARTS) is 1. The Hall–Kier alpha value is -2.39. The molecule has 2 N–H and O–H groups in total. The molecule has 0 bridgehead atoms. The molecule has 1 aromatic carbocycles. The highest BCUT2D eigenvalue weighted by molar-refractivity contribution is 9.10. The zero-order chi connectivity index (χ0) is 21.0. The Morgan fingerprint density at radius 1 is 1.24 bits per heavy atom. The van der Waals surface area contributed by atoms with Crippen LogP contribution in [-0.2, 0) is 9.53 Å². The van der Waals surface area contributed by atoms with Gasteiger partial charge in [0, 0.05) is 22.4 Å². The van der Waals surface area contributed by atoms with Crippen LogP contribution in [0.1, 0.15) is 29.4 Å². The number of urea groups is 1. The molecule has 9 heteroatoms. The molecule has 29 heavy (non-hydrogen) atoms. The van der Waals surface area contributed by atoms with Gasteiger partial charge in [-0.05, 0) is 43.5 Å². The number of anilines is 1. The number of esters is 1. The molecule has 0 aliphatic carbocycles. The number of amides is 2. The van der Waals surface area contributed by atoms with Gasteiger partial charge in [0.25, 0.3) is 0 Å². The predicted octanol–water partition coefficient (Wildman–Crippen LogP) is 4.68. The van der Waals surface area contributed by atoms with Crippen LogP contribution in [0.3, 0.4) is 0 Å². The van der Waals surface area contributed by atoms with Crippen LogP contribution in [0.4, 0.5) is 10.5 Å². The first-order valence-corrected chi connectivity index (χ1v) is 10.9. The number of thiophene rings is 1. The summed E-state index contributed by atoms with van der Waals surface area (Å²) < 4.78 is 5.97. The number of nitrogens with one attached hydrogen (secondary N) is 1. The summed E-state index contributed by atoms with van der Waals surface area (Å²) in [6.07, 6.45) is 1.07. The quantitative estimate of drug-likeness (QED) is 0.605. The van der Waals surface area contributed by atoms with E-state index >= 15 is 0 Å². The highest BCUT2D eigenvalue weighted by atomic mass is 79.9. The number of hydrogen-bond acceptors (Lipinski definition) is 5. The van der Waals surface area contributed by atoms with Crippen molar-refractivity contribution in [1.29, 1.82) is 0 Å². The van der Waals surface area contributed by atoms with Crippen molar-refractivity contribution in [2.24, 2.45) is 5.92 Å². The first kappa shape index (κ1) is 21.3. The third kappa shape index (κ3) is 5.16. The molecule has 0 atom stereocenters. The van der Waals surface area contributed by atoms with Crippen LogP contribution >= 0.6 is 27.3 Å². The minimum Gasteiger partial charge on any atom is -0.477 e. The maximum atomic E-state index is 12.6. The number of nitrogens with zero attached hydrogens (tertiary/aromatic N) is 1. The molecule has 0 unspecified atom stereocenters. The summed E-state index contributed by atoms with van der Waals surface area (Å²) in [4.78, 5) is 38.6. The summed E-state index contributed by atoms with van der Waals surface area (Å²) in [6, 6.07) is 8.83. The van der Waals surface area contributed by atoms with Crippen LogP contribution in [0.2, 0.25) is 0 Å². The molecule has 2 amide bonds. The fraction of sp³-hybridized carbons (Fsp3) is 0.350. The number of carbonyl (C=O) groups excluding carboxylic acids is 2. The number of carbonyl (C=O) groups is 3. The van der Waals surface area contributed by atoms with Gasteiger partial charge in [-0.1, -0.05) is 28.1 Å². The predicted molar refractivity (Wildman–Crippen MR) is 114 cm³/mol. The number of carboxylic acids is 1. The molecule has 154 valence electrons. The fourth-order valence-corrected chi connectivity index (χ4v) is 4.39. The fourth-order valence-electron chi connectivity index (χ4n) is 3.17. The maximum Gasteiger partial charge on any atom is 0.348 e. The smallest absolute Gasteiger partial charge is 0.348 e. The third-order valence-corrected chi connectivity index (χ3v) is 6.40. The molecule has 0 spiro atoms. The Morgan fingerprint density at radius 2 is 1.90 bits per heavy atom. The molecular weight excluding hydrogens is 460 g/mol. The highest BCUT2D eigenvalue weighted by Crippen LogP contribution is 2.35. The molecule has 0 saturated carbocycles. The van der Waals surface area contributed by atoms with Gasteiger partial charge in [0.15, 0.2) is 0 Å². The van der Waals surface area contributed by atoms with Gasteiger partial charge in [0.1, 0.15) is 4.88 Å². The molecule has 3 rings (SSSR count). The van der Waals surface area contributed by atoms with Crippen LogP contribution in [-0.4, -0.2) is 47.7 Å². The van der Waals surface area contributed by atoms with E-state index in [1.165, 1.54) is 0 Å². The summed E-state index contributed by atoms with van der Waals surface area (Å²) in [5.41, 5.74) is 1.15. The van der Waals surface area contributed by atoms with Gasteiger partial charge < -0.3 is 20.1 Å². The van der Waals surface area contributed by atoms with Gasteiger partial charge in [0.2, 0.25) is 0 Å². The van der Waals surface area contributed by atoms with Gasteiger partial charge in [0.05, 0.1) is 18.2 Å². The van der Waals surface area contributed by atoms with Gasteiger partial charge in [-0.2, -0.15) is 0 Å². The zero-order valence-electron chi connectivity index (χ0n) is 15.8. The van der Waals surface area contributed by atoms with Crippen LogP contribution in [0.25, 0.3) is 10.4 Å². The molecular formula is C20H21BrN2O5S. The molecule has 0 radical (unpaired) electrons. The van der Waals surface area contributed by atoms with Gasteiger partial charge in [-0.3, -0.25) is 4.79 Å². The highest BCUT2D eigenvalue weighted by Gasteiger charge is 2.29. The largest absolute Gasteiger partial charge is 0.477 e. The Morgan fingerprint density at radius 3 is 2.48 bits per heavy atom. The molecule has 2 heterocycles. The minimum absolute atomic E-state index is 0.0812. The number of aromatic carboxylic acids is 1. The minimum atomic E-state index is -1.09. The van der Waals surface area contributed by atoms with Crippen molar-refractivity contribution in [2.45, 2.75) is 19.8 Å². The van der Waals surface area contributed by atoms with Crippen molar-refractivity contribution in [3.8, 4) is 10.4 Å². The average molecular weight is 481 g/mol. The summed E-state index contributed by atoms with van der Waals surface area (Å²) in [5, 5.41) is 12.2. The van der Waals surface area contributed by atoms with Crippen LogP contribution in [0.5, 0.6) is 0 Å². The number of benzene rings is 1. The maximum absolute atomic E-state index is 12.6. The van der Waals surface area contributed by atoms with E-state index in [1.807, 2.05) is 24.3 Å². The van der Waals surface area contributed by atoms with E-state index in [-0.39, 0.29) is 28.5 Å². The van der Waals surface area contributed by atoms with Crippen molar-refractivity contribution in [2.75, 3.05) is 25.0 Å². The van der Waals surface area contributed by atoms with Gasteiger partial charge >= 0.3 is 18.0 Å². The Kier molecular flexibility index (Phi) is 6.92. The van der Waals surface area contributed by atoms with E-state index in [1.54, 1.807) is 17.9 Å². The molecule has 2 aromatic rings. The van der Waals surface area contributed by atoms with E-state index < -0.39 is 5.97 Å². The molecule has 1 aliphatic heterocycles. The van der Waals surface area contributed by atoms with E-state index in [9.17, 15) is 19.5 Å². The standard InChI is InChI=1S/C20H21BrN2O5S/c1-2-28-19(26)13-7-9-23(10-8-13)20(27)22-15-11-16(29-17(15)18(24)25)12-3-5-14(21)6-4-12/h3-6,11,13H,2,7-10H2,1H3,(H,22,27)(H,24,25). The first-order chi connectivity index (χ1) is 13.9. The summed E-state index contributed by atoms with van der Waals surface area (Å²) in [6.45, 7) is 2.95. The lowest BCUT2D eigenvalue weighted by Gasteiger charge is -2.30. The zero-order valence-corrected chi connectivity index (χ0v) is 18.2. The average Bonchev–Trinajstić information content (AvgIpc) is 3.13. The second-order valence-corrected chi connectivity index (χ2v) is 8.58. The number of hydrogen-bond donors (Lipinski definition) is 2. The molecule has 1 saturated heterocycles. The second-order valence-electron chi connectivity index (χ2n) is 6.61. The van der Waals surface area contributed by atoms with E-state index in [0.717, 1.165) is 26.3 Å². The summed E-state index contributed by atoms with van der Waals surface area (Å²) >= 11 is 4.49. The summed E-state index contributed by atoms with van der Waals surface area (Å²) in [5.74, 6) is -1.51. The second kappa shape index (κ2) is 9.41. The van der Waals surface area contributed by atoms with Gasteiger partial charge in [-0.15, -0.1) is 11.3 Å². The number of rotatable bonds is 5. The van der Waals surface area contributed by atoms with Crippen molar-refractivity contribution in [3.05, 3.63) is 39.7 Å². The number of piperidine rings is 1. The topological polar surface area (TPSA) is 95.9 Å². The molecule has 1 fully saturated rings. The lowest BCUT2D eigenvalue weighted by atomic mass is 9.97. The monoisotopic (exact) mass is 480 g/mol. The number of likely N-dealkylation sites (tertiary alicyclic amines) is 1. The van der Waals surface area contributed by atoms with Crippen molar-refractivity contribution < 1.29 is 24.2 Å². The van der Waals surface area contributed by atoms with Crippen LogP contribution in [0, 0.1) is 5.92 Å². The van der Waals surface area contributed by atoms with Gasteiger partial charge in [-0.25, -0.2) is 9.59 Å². The lowest BCUT2D eigenvalue weighted by molar-refractivity contribution is -0.149. The molecule has 1 aliphatic rings. The lowest BCUT2D eigenvalue weighted by Crippen LogP contribution is -2.42. The normalized spacial score (nSPS) is 14.5. The Labute approximate surface area is 180 Å². The number of halogens is 1. The van der Waals surface area contributed by atoms with Crippen molar-refractivity contribution >= 4 is 50.9 Å². The van der Waals surface area contributed by atoms with Crippen molar-refractivity contribution in [3.63, 3.8) is 0 Å². The first-order valence-electron chi connectivity index (χ1n) is 9.24. The SMILES string of the molecule is CCOC(=O)C1CCN(C(=O)Nc2cc(-c3ccc(Br)cc3)sc2C(=O)O)CC1. The van der Waals surface area contributed by atoms with E-state index in [2.05, 4.69) is 21.2 Å². The van der Waals surface area contributed by atoms with Crippen molar-refractivity contribution in [1.82, 2.24) is 4.90 Å².